The van der Waals surface area contributed by atoms with Crippen LogP contribution in [0, 0.1) is 6.92 Å². The van der Waals surface area contributed by atoms with E-state index in [1.54, 1.807) is 16.0 Å². The summed E-state index contributed by atoms with van der Waals surface area (Å²) in [6.07, 6.45) is 0. The second-order valence-electron chi connectivity index (χ2n) is 4.89. The minimum absolute atomic E-state index is 0.168. The molecule has 0 fully saturated rings. The summed E-state index contributed by atoms with van der Waals surface area (Å²) in [6, 6.07) is 5.55. The molecule has 11 heteroatoms. The largest absolute Gasteiger partial charge is 0.275 e. The first kappa shape index (κ1) is 15.4. The van der Waals surface area contributed by atoms with Crippen molar-refractivity contribution in [2.75, 3.05) is 0 Å². The van der Waals surface area contributed by atoms with Gasteiger partial charge in [-0.3, -0.25) is 4.79 Å². The lowest BCUT2D eigenvalue weighted by Gasteiger charge is -2.02. The van der Waals surface area contributed by atoms with Gasteiger partial charge in [-0.05, 0) is 28.8 Å². The van der Waals surface area contributed by atoms with Gasteiger partial charge >= 0.3 is 0 Å². The Hall–Kier alpha value is -2.11. The maximum absolute atomic E-state index is 12.1. The molecule has 0 aliphatic rings. The molecule has 0 bridgehead atoms. The molecule has 0 N–H and O–H groups in total. The van der Waals surface area contributed by atoms with Crippen LogP contribution in [0.4, 0.5) is 0 Å². The van der Waals surface area contributed by atoms with E-state index >= 15 is 0 Å². The number of fused-ring (bicyclic) bond motifs is 1. The molecule has 24 heavy (non-hydrogen) atoms. The average molecular weight is 377 g/mol. The van der Waals surface area contributed by atoms with Crippen LogP contribution in [-0.4, -0.2) is 34.8 Å². The summed E-state index contributed by atoms with van der Waals surface area (Å²) in [4.78, 5) is 18.3. The van der Waals surface area contributed by atoms with Crippen LogP contribution in [0.5, 0.6) is 0 Å². The van der Waals surface area contributed by atoms with E-state index in [1.165, 1.54) is 38.6 Å². The molecule has 0 radical (unpaired) electrons. The van der Waals surface area contributed by atoms with E-state index in [0.717, 1.165) is 5.01 Å². The molecule has 0 saturated carbocycles. The van der Waals surface area contributed by atoms with Gasteiger partial charge in [-0.25, -0.2) is 9.67 Å². The van der Waals surface area contributed by atoms with E-state index in [0.29, 0.717) is 28.1 Å². The first-order valence-corrected chi connectivity index (χ1v) is 9.65. The summed E-state index contributed by atoms with van der Waals surface area (Å²) < 4.78 is 3.08. The van der Waals surface area contributed by atoms with Crippen molar-refractivity contribution in [2.45, 2.75) is 24.4 Å². The molecular weight excluding hydrogens is 366 g/mol. The third-order valence-corrected chi connectivity index (χ3v) is 5.81. The first-order valence-electron chi connectivity index (χ1n) is 6.97. The molecule has 0 spiro atoms. The van der Waals surface area contributed by atoms with Gasteiger partial charge in [0, 0.05) is 16.7 Å². The molecule has 0 amide bonds. The van der Waals surface area contributed by atoms with Crippen molar-refractivity contribution in [2.24, 2.45) is 0 Å². The number of tetrazole rings is 1. The van der Waals surface area contributed by atoms with Gasteiger partial charge in [0.2, 0.25) is 10.1 Å². The van der Waals surface area contributed by atoms with E-state index in [1.807, 2.05) is 24.4 Å². The van der Waals surface area contributed by atoms with Crippen molar-refractivity contribution in [3.63, 3.8) is 0 Å². The molecule has 0 unspecified atom stereocenters. The Kier molecular flexibility index (Phi) is 4.12. The zero-order valence-electron chi connectivity index (χ0n) is 12.5. The summed E-state index contributed by atoms with van der Waals surface area (Å²) in [5.74, 6) is 0.521. The Bertz CT molecular complexity index is 1030. The lowest BCUT2D eigenvalue weighted by atomic mass is 10.4. The lowest BCUT2D eigenvalue weighted by molar-refractivity contribution is 0.608. The van der Waals surface area contributed by atoms with Crippen LogP contribution in [0.1, 0.15) is 15.6 Å². The maximum Gasteiger partial charge on any atom is 0.275 e. The molecule has 8 nitrogen and oxygen atoms in total. The van der Waals surface area contributed by atoms with E-state index < -0.39 is 0 Å². The standard InChI is InChI=1S/C13H11N7OS3/c1-8-16-20-11(21)5-9(14-12(20)24-8)7-23-13-15-17-18-19(13)6-10-3-2-4-22-10/h2-5H,6-7H2,1H3. The number of nitrogens with zero attached hydrogens (tertiary/aromatic N) is 7. The van der Waals surface area contributed by atoms with Crippen molar-refractivity contribution >= 4 is 39.4 Å². The van der Waals surface area contributed by atoms with Crippen molar-refractivity contribution in [3.8, 4) is 0 Å². The highest BCUT2D eigenvalue weighted by molar-refractivity contribution is 7.98. The SMILES string of the molecule is Cc1nn2c(=O)cc(CSc3nnnn3Cc3cccs3)nc2s1. The van der Waals surface area contributed by atoms with Crippen molar-refractivity contribution in [1.29, 1.82) is 0 Å². The van der Waals surface area contributed by atoms with Gasteiger partial charge in [0.1, 0.15) is 5.01 Å². The van der Waals surface area contributed by atoms with Gasteiger partial charge in [0.25, 0.3) is 5.56 Å². The lowest BCUT2D eigenvalue weighted by Crippen LogP contribution is -2.15. The smallest absolute Gasteiger partial charge is 0.267 e. The fourth-order valence-corrected chi connectivity index (χ4v) is 4.34. The van der Waals surface area contributed by atoms with Gasteiger partial charge < -0.3 is 0 Å². The second-order valence-corrected chi connectivity index (χ2v) is 8.02. The quantitative estimate of drug-likeness (QED) is 0.490. The van der Waals surface area contributed by atoms with Crippen LogP contribution in [-0.2, 0) is 12.3 Å². The predicted octanol–water partition coefficient (Wildman–Crippen LogP) is 1.85. The third-order valence-electron chi connectivity index (χ3n) is 3.13. The van der Waals surface area contributed by atoms with Gasteiger partial charge in [0.05, 0.1) is 12.2 Å². The Morgan fingerprint density at radius 3 is 3.12 bits per heavy atom. The average Bonchev–Trinajstić information content (AvgIpc) is 3.27. The summed E-state index contributed by atoms with van der Waals surface area (Å²) >= 11 is 4.52. The Labute approximate surface area is 148 Å². The van der Waals surface area contributed by atoms with Crippen LogP contribution in [0.25, 0.3) is 4.96 Å². The monoisotopic (exact) mass is 377 g/mol. The molecule has 4 aromatic rings. The highest BCUT2D eigenvalue weighted by Crippen LogP contribution is 2.21. The summed E-state index contributed by atoms with van der Waals surface area (Å²) in [5, 5.41) is 19.5. The molecule has 0 aliphatic heterocycles. The fourth-order valence-electron chi connectivity index (χ4n) is 2.11. The highest BCUT2D eigenvalue weighted by Gasteiger charge is 2.11. The minimum Gasteiger partial charge on any atom is -0.267 e. The number of aromatic nitrogens is 7. The third kappa shape index (κ3) is 3.09. The number of aryl methyl sites for hydroxylation is 1. The predicted molar refractivity (Wildman–Crippen MR) is 92.7 cm³/mol. The zero-order chi connectivity index (χ0) is 16.5. The summed E-state index contributed by atoms with van der Waals surface area (Å²) in [7, 11) is 0. The van der Waals surface area contributed by atoms with Gasteiger partial charge in [-0.15, -0.1) is 16.4 Å². The van der Waals surface area contributed by atoms with Crippen molar-refractivity contribution in [1.82, 2.24) is 34.8 Å². The Morgan fingerprint density at radius 1 is 1.38 bits per heavy atom. The van der Waals surface area contributed by atoms with Crippen LogP contribution >= 0.6 is 34.4 Å². The number of thiophene rings is 1. The van der Waals surface area contributed by atoms with Gasteiger partial charge in [0.15, 0.2) is 0 Å². The van der Waals surface area contributed by atoms with Crippen LogP contribution < -0.4 is 5.56 Å². The molecule has 4 heterocycles. The Balaban J connectivity index is 1.53. The van der Waals surface area contributed by atoms with E-state index in [9.17, 15) is 4.79 Å². The van der Waals surface area contributed by atoms with Crippen LogP contribution in [0.15, 0.2) is 33.5 Å². The number of hydrogen-bond acceptors (Lipinski definition) is 9. The normalized spacial score (nSPS) is 11.4. The topological polar surface area (TPSA) is 90.9 Å². The molecule has 0 atom stereocenters. The zero-order valence-corrected chi connectivity index (χ0v) is 14.9. The van der Waals surface area contributed by atoms with E-state index in [-0.39, 0.29) is 5.56 Å². The molecule has 0 saturated heterocycles. The molecule has 4 aromatic heterocycles. The van der Waals surface area contributed by atoms with Gasteiger partial charge in [-0.2, -0.15) is 9.61 Å². The fraction of sp³-hybridized carbons (Fsp3) is 0.231. The number of hydrogen-bond donors (Lipinski definition) is 0. The molecule has 122 valence electrons. The first-order chi connectivity index (χ1) is 11.7. The van der Waals surface area contributed by atoms with E-state index in [4.69, 9.17) is 0 Å². The molecule has 0 aliphatic carbocycles. The molecule has 4 rings (SSSR count). The van der Waals surface area contributed by atoms with Gasteiger partial charge in [-0.1, -0.05) is 29.2 Å². The Morgan fingerprint density at radius 2 is 2.29 bits per heavy atom. The second kappa shape index (κ2) is 6.42. The van der Waals surface area contributed by atoms with Crippen molar-refractivity contribution < 1.29 is 0 Å². The maximum atomic E-state index is 12.1. The highest BCUT2D eigenvalue weighted by atomic mass is 32.2. The van der Waals surface area contributed by atoms with Crippen LogP contribution in [0.2, 0.25) is 0 Å². The number of rotatable bonds is 5. The number of thioether (sulfide) groups is 1. The molecular formula is C13H11N7OS3. The summed E-state index contributed by atoms with van der Waals surface area (Å²) in [5.41, 5.74) is 0.525. The molecule has 0 aromatic carbocycles. The van der Waals surface area contributed by atoms with Crippen molar-refractivity contribution in [3.05, 3.63) is 49.5 Å². The van der Waals surface area contributed by atoms with Crippen LogP contribution in [0.3, 0.4) is 0 Å². The summed E-state index contributed by atoms with van der Waals surface area (Å²) in [6.45, 7) is 2.49. The minimum atomic E-state index is -0.168. The van der Waals surface area contributed by atoms with E-state index in [2.05, 4.69) is 25.6 Å².